The van der Waals surface area contributed by atoms with Crippen molar-refractivity contribution < 1.29 is 9.90 Å². The van der Waals surface area contributed by atoms with E-state index in [9.17, 15) is 4.79 Å². The quantitative estimate of drug-likeness (QED) is 0.547. The summed E-state index contributed by atoms with van der Waals surface area (Å²) in [6, 6.07) is 0. The normalized spacial score (nSPS) is 12.2. The molecule has 3 nitrogen and oxygen atoms in total. The van der Waals surface area contributed by atoms with Crippen LogP contribution in [0.4, 0.5) is 0 Å². The molecule has 0 bridgehead atoms. The van der Waals surface area contributed by atoms with Gasteiger partial charge in [-0.2, -0.15) is 0 Å². The summed E-state index contributed by atoms with van der Waals surface area (Å²) in [5.74, 6) is -0.0729. The monoisotopic (exact) mass is 143 g/mol. The average Bonchev–Trinajstić information content (AvgIpc) is 1.87. The van der Waals surface area contributed by atoms with Crippen LogP contribution in [-0.2, 0) is 4.79 Å². The number of rotatable bonds is 4. The molecule has 0 aromatic carbocycles. The minimum atomic E-state index is -0.508. The lowest BCUT2D eigenvalue weighted by atomic mass is 10.2. The van der Waals surface area contributed by atoms with Crippen molar-refractivity contribution in [2.75, 3.05) is 6.54 Å². The van der Waals surface area contributed by atoms with Gasteiger partial charge >= 0.3 is 0 Å². The number of carbonyl (C=O) groups is 1. The minimum Gasteiger partial charge on any atom is -0.389 e. The van der Waals surface area contributed by atoms with E-state index < -0.39 is 6.10 Å². The molecule has 0 rings (SSSR count). The van der Waals surface area contributed by atoms with Crippen molar-refractivity contribution in [3.05, 3.63) is 12.7 Å². The molecule has 0 aliphatic rings. The zero-order valence-electron chi connectivity index (χ0n) is 6.13. The number of carbonyl (C=O) groups excluding carboxylic acids is 1. The Labute approximate surface area is 60.7 Å². The predicted molar refractivity (Wildman–Crippen MR) is 39.5 cm³/mol. The number of hydrogen-bond donors (Lipinski definition) is 2. The topological polar surface area (TPSA) is 49.3 Å². The molecule has 0 fully saturated rings. The largest absolute Gasteiger partial charge is 0.389 e. The van der Waals surface area contributed by atoms with Crippen molar-refractivity contribution in [3.63, 3.8) is 0 Å². The van der Waals surface area contributed by atoms with E-state index in [1.54, 1.807) is 0 Å². The first-order valence-corrected chi connectivity index (χ1v) is 3.22. The molecule has 0 saturated heterocycles. The van der Waals surface area contributed by atoms with E-state index in [1.165, 1.54) is 13.0 Å². The first-order chi connectivity index (χ1) is 4.66. The van der Waals surface area contributed by atoms with Crippen LogP contribution in [0, 0.1) is 0 Å². The maximum Gasteiger partial charge on any atom is 0.216 e. The van der Waals surface area contributed by atoms with Gasteiger partial charge in [0.15, 0.2) is 0 Å². The van der Waals surface area contributed by atoms with Crippen LogP contribution in [0.2, 0.25) is 0 Å². The summed E-state index contributed by atoms with van der Waals surface area (Å²) >= 11 is 0. The van der Waals surface area contributed by atoms with E-state index >= 15 is 0 Å². The Bertz CT molecular complexity index is 123. The summed E-state index contributed by atoms with van der Waals surface area (Å²) in [6.45, 7) is 5.34. The molecule has 0 saturated carbocycles. The van der Waals surface area contributed by atoms with Crippen LogP contribution in [0.25, 0.3) is 0 Å². The molecule has 0 aliphatic carbocycles. The van der Waals surface area contributed by atoms with Crippen molar-refractivity contribution in [2.24, 2.45) is 0 Å². The molecule has 0 radical (unpaired) electrons. The third kappa shape index (κ3) is 5.31. The zero-order valence-corrected chi connectivity index (χ0v) is 6.13. The van der Waals surface area contributed by atoms with E-state index in [-0.39, 0.29) is 5.91 Å². The Kier molecular flexibility index (Phi) is 4.58. The van der Waals surface area contributed by atoms with Gasteiger partial charge in [0, 0.05) is 13.5 Å². The lowest BCUT2D eigenvalue weighted by Gasteiger charge is -2.04. The third-order valence-electron chi connectivity index (χ3n) is 1.09. The Morgan fingerprint density at radius 2 is 2.50 bits per heavy atom. The van der Waals surface area contributed by atoms with Gasteiger partial charge in [0.25, 0.3) is 0 Å². The number of aliphatic hydroxyl groups is 1. The third-order valence-corrected chi connectivity index (χ3v) is 1.09. The van der Waals surface area contributed by atoms with Crippen LogP contribution in [-0.4, -0.2) is 23.7 Å². The first-order valence-electron chi connectivity index (χ1n) is 3.22. The van der Waals surface area contributed by atoms with Crippen LogP contribution in [0.15, 0.2) is 12.7 Å². The van der Waals surface area contributed by atoms with E-state index in [4.69, 9.17) is 5.11 Å². The van der Waals surface area contributed by atoms with Crippen molar-refractivity contribution in [1.29, 1.82) is 0 Å². The van der Waals surface area contributed by atoms with Gasteiger partial charge < -0.3 is 10.4 Å². The molecule has 1 atom stereocenters. The van der Waals surface area contributed by atoms with E-state index in [0.717, 1.165) is 0 Å². The second-order valence-corrected chi connectivity index (χ2v) is 2.07. The number of nitrogens with one attached hydrogen (secondary N) is 1. The molecule has 3 heteroatoms. The molecule has 10 heavy (non-hydrogen) atoms. The highest BCUT2D eigenvalue weighted by atomic mass is 16.3. The first kappa shape index (κ1) is 9.17. The summed E-state index contributed by atoms with van der Waals surface area (Å²) in [5, 5.41) is 11.5. The molecule has 0 heterocycles. The maximum atomic E-state index is 10.3. The van der Waals surface area contributed by atoms with Crippen molar-refractivity contribution in [3.8, 4) is 0 Å². The predicted octanol–water partition coefficient (Wildman–Crippen LogP) is 0.0595. The molecule has 0 aliphatic heterocycles. The van der Waals surface area contributed by atoms with E-state index in [0.29, 0.717) is 13.0 Å². The van der Waals surface area contributed by atoms with Crippen molar-refractivity contribution in [1.82, 2.24) is 5.32 Å². The van der Waals surface area contributed by atoms with Crippen LogP contribution >= 0.6 is 0 Å². The summed E-state index contributed by atoms with van der Waals surface area (Å²) in [4.78, 5) is 10.3. The molecule has 0 aromatic heterocycles. The van der Waals surface area contributed by atoms with Gasteiger partial charge in [0.1, 0.15) is 0 Å². The number of aliphatic hydroxyl groups excluding tert-OH is 1. The number of hydrogen-bond acceptors (Lipinski definition) is 2. The fraction of sp³-hybridized carbons (Fsp3) is 0.571. The van der Waals surface area contributed by atoms with Crippen LogP contribution in [0.3, 0.4) is 0 Å². The fourth-order valence-corrected chi connectivity index (χ4v) is 0.514. The van der Waals surface area contributed by atoms with E-state index in [2.05, 4.69) is 11.9 Å². The molecular weight excluding hydrogens is 130 g/mol. The lowest BCUT2D eigenvalue weighted by Crippen LogP contribution is -2.23. The summed E-state index contributed by atoms with van der Waals surface area (Å²) in [5.41, 5.74) is 0. The fourth-order valence-electron chi connectivity index (χ4n) is 0.514. The van der Waals surface area contributed by atoms with Crippen LogP contribution in [0.5, 0.6) is 0 Å². The molecule has 58 valence electrons. The van der Waals surface area contributed by atoms with Gasteiger partial charge in [0.05, 0.1) is 6.10 Å². The average molecular weight is 143 g/mol. The van der Waals surface area contributed by atoms with Gasteiger partial charge in [-0.25, -0.2) is 0 Å². The summed E-state index contributed by atoms with van der Waals surface area (Å²) in [7, 11) is 0. The molecular formula is C7H13NO2. The highest BCUT2D eigenvalue weighted by molar-refractivity contribution is 5.72. The standard InChI is InChI=1S/C7H13NO2/c1-3-7(10)4-5-8-6(2)9/h3,7,10H,1,4-5H2,2H3,(H,8,9). The smallest absolute Gasteiger partial charge is 0.216 e. The van der Waals surface area contributed by atoms with Gasteiger partial charge in [-0.05, 0) is 6.42 Å². The van der Waals surface area contributed by atoms with Crippen molar-refractivity contribution in [2.45, 2.75) is 19.4 Å². The van der Waals surface area contributed by atoms with Crippen molar-refractivity contribution >= 4 is 5.91 Å². The Morgan fingerprint density at radius 3 is 2.90 bits per heavy atom. The molecule has 2 N–H and O–H groups in total. The molecule has 1 unspecified atom stereocenters. The SMILES string of the molecule is C=CC(O)CCNC(C)=O. The zero-order chi connectivity index (χ0) is 7.98. The van der Waals surface area contributed by atoms with Crippen LogP contribution in [0.1, 0.15) is 13.3 Å². The van der Waals surface area contributed by atoms with E-state index in [1.807, 2.05) is 0 Å². The highest BCUT2D eigenvalue weighted by Gasteiger charge is 1.96. The lowest BCUT2D eigenvalue weighted by molar-refractivity contribution is -0.119. The Morgan fingerprint density at radius 1 is 1.90 bits per heavy atom. The van der Waals surface area contributed by atoms with Gasteiger partial charge in [-0.15, -0.1) is 6.58 Å². The second kappa shape index (κ2) is 4.99. The number of amides is 1. The Balaban J connectivity index is 3.19. The van der Waals surface area contributed by atoms with Gasteiger partial charge in [-0.3, -0.25) is 4.79 Å². The van der Waals surface area contributed by atoms with Gasteiger partial charge in [0.2, 0.25) is 5.91 Å². The maximum absolute atomic E-state index is 10.3. The summed E-state index contributed by atoms with van der Waals surface area (Å²) < 4.78 is 0. The molecule has 0 spiro atoms. The summed E-state index contributed by atoms with van der Waals surface area (Å²) in [6.07, 6.45) is 1.47. The van der Waals surface area contributed by atoms with Crippen LogP contribution < -0.4 is 5.32 Å². The molecule has 0 aromatic rings. The molecule has 1 amide bonds. The van der Waals surface area contributed by atoms with Gasteiger partial charge in [-0.1, -0.05) is 6.08 Å². The highest BCUT2D eigenvalue weighted by Crippen LogP contribution is 1.88. The minimum absolute atomic E-state index is 0.0729. The Hall–Kier alpha value is -0.830. The second-order valence-electron chi connectivity index (χ2n) is 2.07.